The van der Waals surface area contributed by atoms with Crippen molar-refractivity contribution < 1.29 is 23.5 Å². The second kappa shape index (κ2) is 9.45. The number of nitrogens with one attached hydrogen (secondary N) is 1. The maximum Gasteiger partial charge on any atom is 0.289 e. The zero-order chi connectivity index (χ0) is 23.5. The highest BCUT2D eigenvalue weighted by atomic mass is 19.1. The average molecular weight is 456 g/mol. The van der Waals surface area contributed by atoms with Gasteiger partial charge in [-0.2, -0.15) is 0 Å². The predicted octanol–water partition coefficient (Wildman–Crippen LogP) is 1.44. The van der Waals surface area contributed by atoms with Crippen molar-refractivity contribution >= 4 is 28.4 Å². The van der Waals surface area contributed by atoms with Crippen LogP contribution in [0.2, 0.25) is 0 Å². The van der Waals surface area contributed by atoms with E-state index >= 15 is 4.39 Å². The van der Waals surface area contributed by atoms with Gasteiger partial charge in [0.1, 0.15) is 11.4 Å². The van der Waals surface area contributed by atoms with Crippen LogP contribution in [0.15, 0.2) is 45.9 Å². The molecule has 1 aliphatic heterocycles. The molecular weight excluding hydrogens is 431 g/mol. The highest BCUT2D eigenvalue weighted by Gasteiger charge is 2.26. The van der Waals surface area contributed by atoms with E-state index in [1.807, 2.05) is 11.8 Å². The lowest BCUT2D eigenvalue weighted by Crippen LogP contribution is -2.49. The molecule has 0 unspecified atom stereocenters. The summed E-state index contributed by atoms with van der Waals surface area (Å²) in [5.41, 5.74) is 0.192. The number of aromatic nitrogens is 1. The number of anilines is 1. The number of furan rings is 1. The Morgan fingerprint density at radius 3 is 2.61 bits per heavy atom. The molecule has 0 atom stereocenters. The maximum absolute atomic E-state index is 15.1. The van der Waals surface area contributed by atoms with Gasteiger partial charge in [0.2, 0.25) is 5.43 Å². The Bertz CT molecular complexity index is 1230. The number of hydrogen-bond acceptors (Lipinski definition) is 6. The van der Waals surface area contributed by atoms with Crippen LogP contribution in [-0.4, -0.2) is 65.7 Å². The van der Waals surface area contributed by atoms with Gasteiger partial charge in [0.15, 0.2) is 5.76 Å². The van der Waals surface area contributed by atoms with E-state index in [2.05, 4.69) is 5.32 Å². The van der Waals surface area contributed by atoms with Gasteiger partial charge in [-0.15, -0.1) is 0 Å². The monoisotopic (exact) mass is 456 g/mol. The Morgan fingerprint density at radius 2 is 1.97 bits per heavy atom. The van der Waals surface area contributed by atoms with Gasteiger partial charge < -0.3 is 29.2 Å². The molecule has 1 aliphatic rings. The van der Waals surface area contributed by atoms with Crippen molar-refractivity contribution in [2.75, 3.05) is 44.2 Å². The molecule has 9 nitrogen and oxygen atoms in total. The summed E-state index contributed by atoms with van der Waals surface area (Å²) in [7, 11) is 0. The average Bonchev–Trinajstić information content (AvgIpc) is 3.37. The van der Waals surface area contributed by atoms with Crippen molar-refractivity contribution in [2.24, 2.45) is 0 Å². The first-order valence-corrected chi connectivity index (χ1v) is 10.8. The second-order valence-corrected chi connectivity index (χ2v) is 7.71. The highest BCUT2D eigenvalue weighted by Crippen LogP contribution is 2.26. The van der Waals surface area contributed by atoms with Crippen LogP contribution in [-0.2, 0) is 6.54 Å². The van der Waals surface area contributed by atoms with Crippen LogP contribution in [0.5, 0.6) is 0 Å². The molecule has 2 amide bonds. The summed E-state index contributed by atoms with van der Waals surface area (Å²) >= 11 is 0. The molecule has 2 aromatic heterocycles. The number of benzene rings is 1. The summed E-state index contributed by atoms with van der Waals surface area (Å²) in [5.74, 6) is -1.11. The van der Waals surface area contributed by atoms with Crippen LogP contribution in [0, 0.1) is 5.82 Å². The quantitative estimate of drug-likeness (QED) is 0.581. The number of halogens is 1. The van der Waals surface area contributed by atoms with Crippen LogP contribution >= 0.6 is 0 Å². The fourth-order valence-corrected chi connectivity index (χ4v) is 4.04. The van der Waals surface area contributed by atoms with Crippen LogP contribution in [0.4, 0.5) is 10.1 Å². The summed E-state index contributed by atoms with van der Waals surface area (Å²) in [6.45, 7) is 3.75. The van der Waals surface area contributed by atoms with E-state index < -0.39 is 17.2 Å². The Morgan fingerprint density at radius 1 is 1.21 bits per heavy atom. The summed E-state index contributed by atoms with van der Waals surface area (Å²) in [5, 5.41) is 11.5. The third-order valence-electron chi connectivity index (χ3n) is 5.77. The Hall–Kier alpha value is -3.66. The smallest absolute Gasteiger partial charge is 0.289 e. The normalized spacial score (nSPS) is 14.0. The molecule has 1 saturated heterocycles. The number of aryl methyl sites for hydroxylation is 1. The SMILES string of the molecule is CCn1cc(C(=O)NCCO)c(=O)c2cc(F)c(N3CCN(C(=O)c4ccco4)CC3)cc21. The molecule has 0 radical (unpaired) electrons. The third-order valence-corrected chi connectivity index (χ3v) is 5.77. The molecule has 3 aromatic rings. The Kier molecular flexibility index (Phi) is 6.45. The van der Waals surface area contributed by atoms with Crippen molar-refractivity contribution in [3.05, 3.63) is 64.1 Å². The van der Waals surface area contributed by atoms with Crippen molar-refractivity contribution in [3.63, 3.8) is 0 Å². The first-order chi connectivity index (χ1) is 15.9. The molecule has 0 aliphatic carbocycles. The van der Waals surface area contributed by atoms with Crippen LogP contribution in [0.1, 0.15) is 27.8 Å². The number of piperazine rings is 1. The number of carbonyl (C=O) groups excluding carboxylic acids is 2. The molecule has 0 spiro atoms. The van der Waals surface area contributed by atoms with E-state index in [1.165, 1.54) is 18.5 Å². The molecule has 0 bridgehead atoms. The fraction of sp³-hybridized carbons (Fsp3) is 0.348. The van der Waals surface area contributed by atoms with E-state index in [-0.39, 0.29) is 35.8 Å². The highest BCUT2D eigenvalue weighted by molar-refractivity contribution is 5.98. The number of hydrogen-bond donors (Lipinski definition) is 2. The molecule has 4 rings (SSSR count). The molecule has 2 N–H and O–H groups in total. The van der Waals surface area contributed by atoms with E-state index in [4.69, 9.17) is 9.52 Å². The van der Waals surface area contributed by atoms with Gasteiger partial charge in [0.25, 0.3) is 11.8 Å². The van der Waals surface area contributed by atoms with Crippen LogP contribution in [0.25, 0.3) is 10.9 Å². The molecule has 174 valence electrons. The largest absolute Gasteiger partial charge is 0.459 e. The van der Waals surface area contributed by atoms with Gasteiger partial charge >= 0.3 is 0 Å². The minimum absolute atomic E-state index is 0.0180. The van der Waals surface area contributed by atoms with Gasteiger partial charge in [-0.25, -0.2) is 4.39 Å². The molecular formula is C23H25FN4O5. The fourth-order valence-electron chi connectivity index (χ4n) is 4.04. The molecule has 1 fully saturated rings. The number of nitrogens with zero attached hydrogens (tertiary/aromatic N) is 3. The third kappa shape index (κ3) is 4.34. The topological polar surface area (TPSA) is 108 Å². The van der Waals surface area contributed by atoms with Crippen LogP contribution in [0.3, 0.4) is 0 Å². The summed E-state index contributed by atoms with van der Waals surface area (Å²) in [6.07, 6.45) is 2.90. The van der Waals surface area contributed by atoms with Gasteiger partial charge in [-0.05, 0) is 31.2 Å². The second-order valence-electron chi connectivity index (χ2n) is 7.71. The van der Waals surface area contributed by atoms with E-state index in [0.717, 1.165) is 0 Å². The number of aliphatic hydroxyl groups is 1. The van der Waals surface area contributed by atoms with Crippen molar-refractivity contribution in [2.45, 2.75) is 13.5 Å². The first kappa shape index (κ1) is 22.5. The van der Waals surface area contributed by atoms with Crippen LogP contribution < -0.4 is 15.6 Å². The van der Waals surface area contributed by atoms with Gasteiger partial charge in [-0.1, -0.05) is 0 Å². The lowest BCUT2D eigenvalue weighted by Gasteiger charge is -2.36. The van der Waals surface area contributed by atoms with Crippen molar-refractivity contribution in [1.29, 1.82) is 0 Å². The molecule has 0 saturated carbocycles. The minimum Gasteiger partial charge on any atom is -0.459 e. The predicted molar refractivity (Wildman–Crippen MR) is 120 cm³/mol. The summed E-state index contributed by atoms with van der Waals surface area (Å²) in [4.78, 5) is 41.2. The zero-order valence-electron chi connectivity index (χ0n) is 18.2. The number of amides is 2. The number of fused-ring (bicyclic) bond motifs is 1. The van der Waals surface area contributed by atoms with Crippen molar-refractivity contribution in [1.82, 2.24) is 14.8 Å². The first-order valence-electron chi connectivity index (χ1n) is 10.8. The van der Waals surface area contributed by atoms with Crippen molar-refractivity contribution in [3.8, 4) is 0 Å². The standard InChI is InChI=1S/C23H25FN4O5/c1-2-26-14-16(22(31)25-5-10-29)21(30)15-12-17(24)19(13-18(15)26)27-6-8-28(9-7-27)23(32)20-4-3-11-33-20/h3-4,11-14,29H,2,5-10H2,1H3,(H,25,31). The number of pyridine rings is 1. The van der Waals surface area contributed by atoms with Gasteiger partial charge in [0.05, 0.1) is 24.1 Å². The van der Waals surface area contributed by atoms with Gasteiger partial charge in [-0.3, -0.25) is 14.4 Å². The zero-order valence-corrected chi connectivity index (χ0v) is 18.2. The molecule has 10 heteroatoms. The lowest BCUT2D eigenvalue weighted by atomic mass is 10.1. The molecule has 1 aromatic carbocycles. The molecule has 33 heavy (non-hydrogen) atoms. The number of aliphatic hydroxyl groups excluding tert-OH is 1. The van der Waals surface area contributed by atoms with E-state index in [0.29, 0.717) is 43.9 Å². The lowest BCUT2D eigenvalue weighted by molar-refractivity contribution is 0.0714. The van der Waals surface area contributed by atoms with E-state index in [1.54, 1.807) is 27.7 Å². The summed E-state index contributed by atoms with van der Waals surface area (Å²) < 4.78 is 22.0. The number of rotatable bonds is 6. The van der Waals surface area contributed by atoms with E-state index in [9.17, 15) is 14.4 Å². The Labute approximate surface area is 189 Å². The molecule has 3 heterocycles. The maximum atomic E-state index is 15.1. The minimum atomic E-state index is -0.611. The number of carbonyl (C=O) groups is 2. The summed E-state index contributed by atoms with van der Waals surface area (Å²) in [6, 6.07) is 6.06. The Balaban J connectivity index is 1.62. The van der Waals surface area contributed by atoms with Gasteiger partial charge in [0, 0.05) is 50.9 Å².